The molecule has 0 saturated heterocycles. The Morgan fingerprint density at radius 2 is 0.800 bits per heavy atom. The van der Waals surface area contributed by atoms with Crippen LogP contribution in [0.3, 0.4) is 0 Å². The van der Waals surface area contributed by atoms with E-state index in [-0.39, 0.29) is 21.1 Å². The van der Waals surface area contributed by atoms with Gasteiger partial charge in [-0.25, -0.2) is 0 Å². The molecule has 0 saturated carbocycles. The molecule has 0 amide bonds. The molecule has 0 unspecified atom stereocenters. The van der Waals surface area contributed by atoms with Crippen LogP contribution in [-0.4, -0.2) is 78.1 Å². The van der Waals surface area contributed by atoms with Crippen molar-refractivity contribution in [1.82, 2.24) is 4.90 Å². The Balaban J connectivity index is -0.0000000940. The molecular weight excluding hydrogens is 362 g/mol. The number of hydrogen-bond donors (Lipinski definition) is 3. The van der Waals surface area contributed by atoms with E-state index in [0.29, 0.717) is 0 Å². The molecule has 0 heterocycles. The largest absolute Gasteiger partial charge is 4.00 e. The van der Waals surface area contributed by atoms with Crippen LogP contribution in [0.25, 0.3) is 0 Å². The van der Waals surface area contributed by atoms with E-state index in [1.54, 1.807) is 0 Å². The minimum absolute atomic E-state index is 0. The van der Waals surface area contributed by atoms with Gasteiger partial charge < -0.3 is 29.7 Å². The fourth-order valence-corrected chi connectivity index (χ4v) is 0.742. The van der Waals surface area contributed by atoms with Crippen LogP contribution >= 0.6 is 0 Å². The number of nitrogens with zero attached hydrogens (tertiary/aromatic N) is 1. The van der Waals surface area contributed by atoms with Crippen LogP contribution in [0.1, 0.15) is 0 Å². The Kier molecular flexibility index (Phi) is 39.8. The maximum atomic E-state index is 10.1. The number of aliphatic carboxylic acids is 3. The van der Waals surface area contributed by atoms with Crippen LogP contribution in [0, 0.1) is 0 Å². The molecule has 0 radical (unpaired) electrons. The molecule has 0 rings (SSSR count). The van der Waals surface area contributed by atoms with Gasteiger partial charge in [0, 0.05) is 0 Å². The van der Waals surface area contributed by atoms with Crippen molar-refractivity contribution in [2.45, 2.75) is 0 Å². The third-order valence-corrected chi connectivity index (χ3v) is 1.08. The van der Waals surface area contributed by atoms with Crippen LogP contribution in [0.5, 0.6) is 0 Å². The van der Waals surface area contributed by atoms with Gasteiger partial charge in [0.15, 0.2) is 0 Å². The molecule has 11 heteroatoms. The molecule has 0 aliphatic rings. The monoisotopic (exact) mass is 376 g/mol. The van der Waals surface area contributed by atoms with E-state index in [1.807, 2.05) is 0 Å². The van der Waals surface area contributed by atoms with E-state index in [2.05, 4.69) is 20.4 Å². The van der Waals surface area contributed by atoms with Gasteiger partial charge in [0.25, 0.3) is 0 Å². The predicted molar refractivity (Wildman–Crippen MR) is 59.6 cm³/mol. The fraction of sp³-hybridized carbons (Fsp3) is 0.333. The van der Waals surface area contributed by atoms with E-state index in [4.69, 9.17) is 29.7 Å². The molecule has 112 valence electrons. The van der Waals surface area contributed by atoms with Gasteiger partial charge in [0.1, 0.15) is 0 Å². The summed E-state index contributed by atoms with van der Waals surface area (Å²) in [6.45, 7) is 7.95. The number of hydrogen-bond acceptors (Lipinski definition) is 7. The zero-order valence-corrected chi connectivity index (χ0v) is 12.0. The molecule has 0 aliphatic heterocycles. The number of carboxylic acids is 3. The average molecular weight is 374 g/mol. The molecular formula is C9H12MoNO9+. The summed E-state index contributed by atoms with van der Waals surface area (Å²) in [5.41, 5.74) is 0. The Labute approximate surface area is 128 Å². The first-order chi connectivity index (χ1) is 8.91. The molecule has 0 bridgehead atoms. The smallest absolute Gasteiger partial charge is 0.545 e. The van der Waals surface area contributed by atoms with Crippen molar-refractivity contribution < 1.29 is 65.2 Å². The molecule has 0 aromatic carbocycles. The summed E-state index contributed by atoms with van der Waals surface area (Å²) in [6.07, 6.45) is 0. The van der Waals surface area contributed by atoms with Crippen molar-refractivity contribution in [2.75, 3.05) is 19.6 Å². The summed E-state index contributed by atoms with van der Waals surface area (Å²) < 4.78 is 0. The zero-order chi connectivity index (χ0) is 16.4. The van der Waals surface area contributed by atoms with Crippen molar-refractivity contribution in [3.63, 3.8) is 0 Å². The van der Waals surface area contributed by atoms with E-state index in [1.165, 1.54) is 0 Å². The van der Waals surface area contributed by atoms with Crippen LogP contribution in [0.2, 0.25) is 0 Å². The first kappa shape index (κ1) is 30.8. The molecule has 20 heavy (non-hydrogen) atoms. The van der Waals surface area contributed by atoms with Crippen LogP contribution in [0.4, 0.5) is 0 Å². The van der Waals surface area contributed by atoms with Gasteiger partial charge >= 0.3 is 39.0 Å². The second-order valence-electron chi connectivity index (χ2n) is 2.33. The Morgan fingerprint density at radius 1 is 0.650 bits per heavy atom. The second kappa shape index (κ2) is 25.8. The second-order valence-corrected chi connectivity index (χ2v) is 2.33. The third-order valence-electron chi connectivity index (χ3n) is 1.08. The van der Waals surface area contributed by atoms with E-state index in [9.17, 15) is 14.4 Å². The summed E-state index contributed by atoms with van der Waals surface area (Å²) in [4.78, 5) is 54.5. The van der Waals surface area contributed by atoms with Gasteiger partial charge in [0.05, 0.1) is 19.6 Å². The first-order valence-electron chi connectivity index (χ1n) is 4.00. The summed E-state index contributed by atoms with van der Waals surface area (Å²) in [5.74, 6) is -3.78. The van der Waals surface area contributed by atoms with Gasteiger partial charge in [-0.2, -0.15) is 0 Å². The minimum Gasteiger partial charge on any atom is -0.545 e. The van der Waals surface area contributed by atoms with Gasteiger partial charge in [-0.05, 0) is 0 Å². The van der Waals surface area contributed by atoms with Crippen LogP contribution in [0.15, 0.2) is 0 Å². The minimum atomic E-state index is -1.26. The van der Waals surface area contributed by atoms with Crippen molar-refractivity contribution in [2.24, 2.45) is 0 Å². The molecule has 0 fully saturated rings. The molecule has 0 aromatic rings. The number of carbonyl (C=O) groups excluding carboxylic acids is 3. The molecule has 3 N–H and O–H groups in total. The zero-order valence-electron chi connectivity index (χ0n) is 10.00. The van der Waals surface area contributed by atoms with Gasteiger partial charge in [-0.1, -0.05) is 0 Å². The van der Waals surface area contributed by atoms with Crippen LogP contribution in [-0.2, 0) is 49.8 Å². The Hall–Kier alpha value is -1.93. The standard InChI is InChI=1S/C6H9NO6.3CHO.Mo/c8-4(9)1-7(2-5(10)11)3-6(12)13;3*1-2;/h1-3H2,(H,8,9)(H,10,11)(H,12,13);3*1H;/q;3*-1;+4. The van der Waals surface area contributed by atoms with E-state index in [0.717, 1.165) is 4.90 Å². The number of carbonyl (C=O) groups is 3. The van der Waals surface area contributed by atoms with E-state index < -0.39 is 37.5 Å². The maximum Gasteiger partial charge on any atom is 4.00 e. The Bertz CT molecular complexity index is 231. The predicted octanol–water partition coefficient (Wildman–Crippen LogP) is -2.28. The summed E-state index contributed by atoms with van der Waals surface area (Å²) in [6, 6.07) is 0. The Morgan fingerprint density at radius 3 is 0.900 bits per heavy atom. The topological polar surface area (TPSA) is 166 Å². The molecule has 10 nitrogen and oxygen atoms in total. The summed E-state index contributed by atoms with van der Waals surface area (Å²) in [5, 5.41) is 24.8. The fourth-order valence-electron chi connectivity index (χ4n) is 0.742. The maximum absolute atomic E-state index is 10.1. The first-order valence-corrected chi connectivity index (χ1v) is 4.00. The number of carboxylic acid groups (broad SMARTS) is 3. The molecule has 0 atom stereocenters. The van der Waals surface area contributed by atoms with Gasteiger partial charge in [0.2, 0.25) is 0 Å². The van der Waals surface area contributed by atoms with Crippen molar-refractivity contribution in [1.29, 1.82) is 0 Å². The number of rotatable bonds is 6. The van der Waals surface area contributed by atoms with Crippen LogP contribution < -0.4 is 0 Å². The average Bonchev–Trinajstić information content (AvgIpc) is 2.34. The summed E-state index contributed by atoms with van der Waals surface area (Å²) >= 11 is 0. The molecule has 0 aliphatic carbocycles. The van der Waals surface area contributed by atoms with Crippen molar-refractivity contribution in [3.05, 3.63) is 0 Å². The molecule has 0 aromatic heterocycles. The van der Waals surface area contributed by atoms with Gasteiger partial charge in [-0.3, -0.25) is 39.7 Å². The molecule has 0 spiro atoms. The van der Waals surface area contributed by atoms with Gasteiger partial charge in [-0.15, -0.1) is 0 Å². The quantitative estimate of drug-likeness (QED) is 0.262. The SMILES string of the molecule is O=C(O)CN(CC(=O)O)CC(=O)O.[CH-]=O.[CH-]=O.[CH-]=O.[Mo+4]. The summed E-state index contributed by atoms with van der Waals surface area (Å²) in [7, 11) is 0. The van der Waals surface area contributed by atoms with Crippen molar-refractivity contribution in [3.8, 4) is 0 Å². The third kappa shape index (κ3) is 36.0. The van der Waals surface area contributed by atoms with Crippen molar-refractivity contribution >= 4 is 38.3 Å². The normalized spacial score (nSPS) is 7.05. The van der Waals surface area contributed by atoms with E-state index >= 15 is 0 Å².